The zero-order valence-corrected chi connectivity index (χ0v) is 13.1. The molecule has 1 aromatic rings. The van der Waals surface area contributed by atoms with E-state index < -0.39 is 5.97 Å². The Morgan fingerprint density at radius 3 is 2.57 bits per heavy atom. The van der Waals surface area contributed by atoms with E-state index in [4.69, 9.17) is 4.74 Å². The minimum absolute atomic E-state index is 0.0303. The first kappa shape index (κ1) is 17.0. The molecule has 1 amide bonds. The highest BCUT2D eigenvalue weighted by atomic mass is 16.5. The summed E-state index contributed by atoms with van der Waals surface area (Å²) in [6, 6.07) is 7.60. The standard InChI is InChI=1S/C16H23NO4/c1-12(2)17(11-16(19)20-4)15(18)8-9-21-14-7-5-6-13(3)10-14/h5-7,10,12H,8-9,11H2,1-4H3. The van der Waals surface area contributed by atoms with E-state index in [0.717, 1.165) is 11.3 Å². The molecule has 0 radical (unpaired) electrons. The minimum Gasteiger partial charge on any atom is -0.493 e. The van der Waals surface area contributed by atoms with E-state index in [1.165, 1.54) is 12.0 Å². The molecule has 5 nitrogen and oxygen atoms in total. The quantitative estimate of drug-likeness (QED) is 0.723. The van der Waals surface area contributed by atoms with Crippen molar-refractivity contribution >= 4 is 11.9 Å². The summed E-state index contributed by atoms with van der Waals surface area (Å²) in [6.07, 6.45) is 0.225. The smallest absolute Gasteiger partial charge is 0.325 e. The van der Waals surface area contributed by atoms with Gasteiger partial charge in [0.1, 0.15) is 12.3 Å². The topological polar surface area (TPSA) is 55.8 Å². The van der Waals surface area contributed by atoms with Gasteiger partial charge in [-0.2, -0.15) is 0 Å². The number of hydrogen-bond acceptors (Lipinski definition) is 4. The molecule has 1 aromatic carbocycles. The predicted octanol–water partition coefficient (Wildman–Crippen LogP) is 2.17. The lowest BCUT2D eigenvalue weighted by molar-refractivity contribution is -0.148. The molecular formula is C16H23NO4. The van der Waals surface area contributed by atoms with E-state index in [9.17, 15) is 9.59 Å². The van der Waals surface area contributed by atoms with Gasteiger partial charge >= 0.3 is 5.97 Å². The van der Waals surface area contributed by atoms with Gasteiger partial charge in [0, 0.05) is 6.04 Å². The maximum atomic E-state index is 12.1. The molecule has 1 rings (SSSR count). The van der Waals surface area contributed by atoms with Crippen LogP contribution in [0.1, 0.15) is 25.8 Å². The SMILES string of the molecule is COC(=O)CN(C(=O)CCOc1cccc(C)c1)C(C)C. The summed E-state index contributed by atoms with van der Waals surface area (Å²) >= 11 is 0. The molecule has 0 spiro atoms. The summed E-state index contributed by atoms with van der Waals surface area (Å²) in [5.41, 5.74) is 1.10. The Morgan fingerprint density at radius 1 is 1.29 bits per heavy atom. The number of methoxy groups -OCH3 is 1. The van der Waals surface area contributed by atoms with Gasteiger partial charge in [-0.05, 0) is 38.5 Å². The molecule has 0 N–H and O–H groups in total. The highest BCUT2D eigenvalue weighted by molar-refractivity contribution is 5.82. The lowest BCUT2D eigenvalue weighted by Gasteiger charge is -2.25. The van der Waals surface area contributed by atoms with Crippen molar-refractivity contribution in [3.8, 4) is 5.75 Å². The molecule has 0 aliphatic rings. The molecule has 0 saturated heterocycles. The third-order valence-electron chi connectivity index (χ3n) is 3.05. The number of aryl methyl sites for hydroxylation is 1. The van der Waals surface area contributed by atoms with Crippen LogP contribution in [0.5, 0.6) is 5.75 Å². The summed E-state index contributed by atoms with van der Waals surface area (Å²) in [4.78, 5) is 24.9. The molecule has 21 heavy (non-hydrogen) atoms. The molecule has 0 aliphatic heterocycles. The van der Waals surface area contributed by atoms with E-state index in [0.29, 0.717) is 0 Å². The van der Waals surface area contributed by atoms with Crippen molar-refractivity contribution in [3.63, 3.8) is 0 Å². The maximum Gasteiger partial charge on any atom is 0.325 e. The molecule has 0 bridgehead atoms. The first-order valence-corrected chi connectivity index (χ1v) is 6.99. The predicted molar refractivity (Wildman–Crippen MR) is 80.2 cm³/mol. The number of amides is 1. The summed E-state index contributed by atoms with van der Waals surface area (Å²) in [6.45, 7) is 5.96. The fourth-order valence-corrected chi connectivity index (χ4v) is 1.87. The van der Waals surface area contributed by atoms with Crippen molar-refractivity contribution < 1.29 is 19.1 Å². The summed E-state index contributed by atoms with van der Waals surface area (Å²) in [7, 11) is 1.31. The molecule has 0 atom stereocenters. The van der Waals surface area contributed by atoms with Crippen LogP contribution < -0.4 is 4.74 Å². The Kier molecular flexibility index (Phi) is 6.72. The van der Waals surface area contributed by atoms with Crippen molar-refractivity contribution in [3.05, 3.63) is 29.8 Å². The van der Waals surface area contributed by atoms with Gasteiger partial charge < -0.3 is 14.4 Å². The lowest BCUT2D eigenvalue weighted by atomic mass is 10.2. The molecule has 0 heterocycles. The van der Waals surface area contributed by atoms with Crippen molar-refractivity contribution in [1.29, 1.82) is 0 Å². The largest absolute Gasteiger partial charge is 0.493 e. The second-order valence-electron chi connectivity index (χ2n) is 5.11. The molecule has 116 valence electrons. The van der Waals surface area contributed by atoms with Crippen LogP contribution in [0.15, 0.2) is 24.3 Å². The van der Waals surface area contributed by atoms with Gasteiger partial charge in [-0.15, -0.1) is 0 Å². The molecule has 0 aromatic heterocycles. The summed E-state index contributed by atoms with van der Waals surface area (Å²) in [5, 5.41) is 0. The second-order valence-corrected chi connectivity index (χ2v) is 5.11. The Morgan fingerprint density at radius 2 is 2.00 bits per heavy atom. The number of carbonyl (C=O) groups is 2. The average Bonchev–Trinajstić information content (AvgIpc) is 2.44. The maximum absolute atomic E-state index is 12.1. The van der Waals surface area contributed by atoms with Gasteiger partial charge in [0.2, 0.25) is 5.91 Å². The van der Waals surface area contributed by atoms with Crippen LogP contribution in [0.25, 0.3) is 0 Å². The van der Waals surface area contributed by atoms with E-state index >= 15 is 0 Å². The van der Waals surface area contributed by atoms with Gasteiger partial charge in [0.25, 0.3) is 0 Å². The molecule has 0 saturated carbocycles. The van der Waals surface area contributed by atoms with Crippen molar-refractivity contribution in [2.75, 3.05) is 20.3 Å². The average molecular weight is 293 g/mol. The fraction of sp³-hybridized carbons (Fsp3) is 0.500. The number of benzene rings is 1. The van der Waals surface area contributed by atoms with Crippen molar-refractivity contribution in [2.24, 2.45) is 0 Å². The van der Waals surface area contributed by atoms with Gasteiger partial charge in [0.15, 0.2) is 0 Å². The van der Waals surface area contributed by atoms with Crippen LogP contribution in [-0.4, -0.2) is 43.1 Å². The summed E-state index contributed by atoms with van der Waals surface area (Å²) in [5.74, 6) is 0.201. The Balaban J connectivity index is 2.48. The van der Waals surface area contributed by atoms with Gasteiger partial charge in [-0.1, -0.05) is 12.1 Å². The van der Waals surface area contributed by atoms with Crippen LogP contribution in [0, 0.1) is 6.92 Å². The number of nitrogens with zero attached hydrogens (tertiary/aromatic N) is 1. The number of esters is 1. The number of carbonyl (C=O) groups excluding carboxylic acids is 2. The molecule has 0 unspecified atom stereocenters. The lowest BCUT2D eigenvalue weighted by Crippen LogP contribution is -2.41. The normalized spacial score (nSPS) is 10.3. The highest BCUT2D eigenvalue weighted by Gasteiger charge is 2.20. The van der Waals surface area contributed by atoms with E-state index in [1.807, 2.05) is 45.0 Å². The highest BCUT2D eigenvalue weighted by Crippen LogP contribution is 2.13. The Labute approximate surface area is 125 Å². The molecule has 5 heteroatoms. The van der Waals surface area contributed by atoms with Crippen LogP contribution in [0.2, 0.25) is 0 Å². The minimum atomic E-state index is -0.420. The molecule has 0 fully saturated rings. The van der Waals surface area contributed by atoms with Gasteiger partial charge in [-0.25, -0.2) is 0 Å². The van der Waals surface area contributed by atoms with Crippen molar-refractivity contribution in [2.45, 2.75) is 33.2 Å². The van der Waals surface area contributed by atoms with E-state index in [1.54, 1.807) is 0 Å². The Hall–Kier alpha value is -2.04. The second kappa shape index (κ2) is 8.29. The molecule has 0 aliphatic carbocycles. The van der Waals surface area contributed by atoms with Crippen LogP contribution in [0.3, 0.4) is 0 Å². The number of ether oxygens (including phenoxy) is 2. The van der Waals surface area contributed by atoms with E-state index in [-0.39, 0.29) is 31.5 Å². The zero-order valence-electron chi connectivity index (χ0n) is 13.1. The monoisotopic (exact) mass is 293 g/mol. The fourth-order valence-electron chi connectivity index (χ4n) is 1.87. The first-order valence-electron chi connectivity index (χ1n) is 6.99. The van der Waals surface area contributed by atoms with Gasteiger partial charge in [-0.3, -0.25) is 9.59 Å². The number of hydrogen-bond donors (Lipinski definition) is 0. The Bertz CT molecular complexity index is 485. The molecular weight excluding hydrogens is 270 g/mol. The van der Waals surface area contributed by atoms with Crippen LogP contribution in [-0.2, 0) is 14.3 Å². The third-order valence-corrected chi connectivity index (χ3v) is 3.05. The van der Waals surface area contributed by atoms with Crippen LogP contribution in [0.4, 0.5) is 0 Å². The summed E-state index contributed by atoms with van der Waals surface area (Å²) < 4.78 is 10.2. The number of rotatable bonds is 7. The van der Waals surface area contributed by atoms with Crippen LogP contribution >= 0.6 is 0 Å². The first-order chi connectivity index (χ1) is 9.93. The van der Waals surface area contributed by atoms with E-state index in [2.05, 4.69) is 4.74 Å². The third kappa shape index (κ3) is 5.85. The van der Waals surface area contributed by atoms with Crippen molar-refractivity contribution in [1.82, 2.24) is 4.90 Å². The van der Waals surface area contributed by atoms with Gasteiger partial charge in [0.05, 0.1) is 20.1 Å². The zero-order chi connectivity index (χ0) is 15.8.